The molecule has 110 valence electrons. The first kappa shape index (κ1) is 15.1. The molecule has 2 aromatic rings. The largest absolute Gasteiger partial charge is 0.398 e. The molecule has 21 heavy (non-hydrogen) atoms. The van der Waals surface area contributed by atoms with Crippen LogP contribution in [0.15, 0.2) is 42.5 Å². The number of hydrogen-bond acceptors (Lipinski definition) is 2. The van der Waals surface area contributed by atoms with Crippen molar-refractivity contribution in [1.29, 1.82) is 0 Å². The van der Waals surface area contributed by atoms with Crippen molar-refractivity contribution in [3.05, 3.63) is 64.7 Å². The van der Waals surface area contributed by atoms with Gasteiger partial charge in [0.1, 0.15) is 0 Å². The zero-order valence-corrected chi connectivity index (χ0v) is 12.8. The molecule has 3 N–H and O–H groups in total. The van der Waals surface area contributed by atoms with Gasteiger partial charge in [-0.3, -0.25) is 4.79 Å². The summed E-state index contributed by atoms with van der Waals surface area (Å²) in [7, 11) is 0. The van der Waals surface area contributed by atoms with Gasteiger partial charge in [-0.1, -0.05) is 49.7 Å². The van der Waals surface area contributed by atoms with Crippen molar-refractivity contribution in [1.82, 2.24) is 5.32 Å². The van der Waals surface area contributed by atoms with E-state index in [4.69, 9.17) is 5.73 Å². The standard InChI is InChI=1S/C18H22N2O/c1-12(2)15-7-5-14(6-8-15)11-20-18(21)16-10-13(3)4-9-17(16)19/h4-10,12H,11,19H2,1-3H3,(H,20,21). The maximum absolute atomic E-state index is 12.2. The van der Waals surface area contributed by atoms with Crippen molar-refractivity contribution in [3.63, 3.8) is 0 Å². The Balaban J connectivity index is 2.02. The third kappa shape index (κ3) is 3.85. The molecular formula is C18H22N2O. The Morgan fingerprint density at radius 2 is 1.81 bits per heavy atom. The summed E-state index contributed by atoms with van der Waals surface area (Å²) in [5, 5.41) is 2.91. The van der Waals surface area contributed by atoms with Gasteiger partial charge in [0.25, 0.3) is 5.91 Å². The molecular weight excluding hydrogens is 260 g/mol. The fraction of sp³-hybridized carbons (Fsp3) is 0.278. The van der Waals surface area contributed by atoms with Gasteiger partial charge >= 0.3 is 0 Å². The zero-order valence-electron chi connectivity index (χ0n) is 12.8. The molecule has 0 fully saturated rings. The molecule has 0 unspecified atom stereocenters. The predicted octanol–water partition coefficient (Wildman–Crippen LogP) is 3.63. The SMILES string of the molecule is Cc1ccc(N)c(C(=O)NCc2ccc(C(C)C)cc2)c1. The van der Waals surface area contributed by atoms with E-state index in [0.29, 0.717) is 23.7 Å². The Labute approximate surface area is 126 Å². The van der Waals surface area contributed by atoms with Crippen LogP contribution in [-0.2, 0) is 6.54 Å². The number of hydrogen-bond donors (Lipinski definition) is 2. The van der Waals surface area contributed by atoms with E-state index in [0.717, 1.165) is 11.1 Å². The minimum atomic E-state index is -0.135. The van der Waals surface area contributed by atoms with Gasteiger partial charge in [-0.2, -0.15) is 0 Å². The van der Waals surface area contributed by atoms with E-state index in [-0.39, 0.29) is 5.91 Å². The Hall–Kier alpha value is -2.29. The van der Waals surface area contributed by atoms with Crippen molar-refractivity contribution < 1.29 is 4.79 Å². The molecule has 2 rings (SSSR count). The van der Waals surface area contributed by atoms with Crippen LogP contribution in [0.2, 0.25) is 0 Å². The Bertz CT molecular complexity index is 630. The Kier molecular flexibility index (Phi) is 4.63. The van der Waals surface area contributed by atoms with Gasteiger partial charge in [0.15, 0.2) is 0 Å². The Morgan fingerprint density at radius 1 is 1.14 bits per heavy atom. The average molecular weight is 282 g/mol. The zero-order chi connectivity index (χ0) is 15.4. The molecule has 3 nitrogen and oxygen atoms in total. The van der Waals surface area contributed by atoms with Gasteiger partial charge in [0.05, 0.1) is 5.56 Å². The number of nitrogen functional groups attached to an aromatic ring is 1. The number of benzene rings is 2. The second-order valence-corrected chi connectivity index (χ2v) is 5.67. The lowest BCUT2D eigenvalue weighted by Gasteiger charge is -2.10. The van der Waals surface area contributed by atoms with E-state index >= 15 is 0 Å². The van der Waals surface area contributed by atoms with E-state index < -0.39 is 0 Å². The molecule has 0 aliphatic carbocycles. The highest BCUT2D eigenvalue weighted by molar-refractivity contribution is 5.99. The van der Waals surface area contributed by atoms with Gasteiger partial charge in [0.2, 0.25) is 0 Å². The maximum atomic E-state index is 12.2. The quantitative estimate of drug-likeness (QED) is 0.841. The van der Waals surface area contributed by atoms with E-state index in [9.17, 15) is 4.79 Å². The fourth-order valence-corrected chi connectivity index (χ4v) is 2.16. The highest BCUT2D eigenvalue weighted by Crippen LogP contribution is 2.16. The molecule has 0 saturated carbocycles. The molecule has 0 aliphatic heterocycles. The molecule has 0 aliphatic rings. The lowest BCUT2D eigenvalue weighted by Crippen LogP contribution is -2.23. The minimum absolute atomic E-state index is 0.135. The summed E-state index contributed by atoms with van der Waals surface area (Å²) < 4.78 is 0. The monoisotopic (exact) mass is 282 g/mol. The number of carbonyl (C=O) groups excluding carboxylic acids is 1. The van der Waals surface area contributed by atoms with Gasteiger partial charge in [-0.05, 0) is 36.1 Å². The van der Waals surface area contributed by atoms with Crippen LogP contribution in [0.4, 0.5) is 5.69 Å². The van der Waals surface area contributed by atoms with Crippen LogP contribution >= 0.6 is 0 Å². The second kappa shape index (κ2) is 6.44. The molecule has 0 heterocycles. The fourth-order valence-electron chi connectivity index (χ4n) is 2.16. The summed E-state index contributed by atoms with van der Waals surface area (Å²) >= 11 is 0. The van der Waals surface area contributed by atoms with E-state index in [1.807, 2.05) is 19.1 Å². The summed E-state index contributed by atoms with van der Waals surface area (Å²) in [6, 6.07) is 13.8. The molecule has 0 aromatic heterocycles. The van der Waals surface area contributed by atoms with Crippen LogP contribution in [0, 0.1) is 6.92 Å². The van der Waals surface area contributed by atoms with E-state index in [2.05, 4.69) is 43.4 Å². The number of rotatable bonds is 4. The van der Waals surface area contributed by atoms with Gasteiger partial charge in [0, 0.05) is 12.2 Å². The average Bonchev–Trinajstić information content (AvgIpc) is 2.47. The second-order valence-electron chi connectivity index (χ2n) is 5.67. The third-order valence-corrected chi connectivity index (χ3v) is 3.55. The molecule has 0 atom stereocenters. The number of anilines is 1. The lowest BCUT2D eigenvalue weighted by molar-refractivity contribution is 0.0951. The topological polar surface area (TPSA) is 55.1 Å². The molecule has 2 aromatic carbocycles. The molecule has 1 amide bonds. The van der Waals surface area contributed by atoms with E-state index in [1.54, 1.807) is 6.07 Å². The highest BCUT2D eigenvalue weighted by atomic mass is 16.1. The lowest BCUT2D eigenvalue weighted by atomic mass is 10.0. The number of nitrogens with one attached hydrogen (secondary N) is 1. The van der Waals surface area contributed by atoms with Crippen molar-refractivity contribution in [2.45, 2.75) is 33.2 Å². The van der Waals surface area contributed by atoms with Crippen LogP contribution in [0.25, 0.3) is 0 Å². The number of carbonyl (C=O) groups is 1. The van der Waals surface area contributed by atoms with Crippen molar-refractivity contribution in [2.75, 3.05) is 5.73 Å². The van der Waals surface area contributed by atoms with Crippen LogP contribution in [-0.4, -0.2) is 5.91 Å². The van der Waals surface area contributed by atoms with Gasteiger partial charge in [-0.15, -0.1) is 0 Å². The minimum Gasteiger partial charge on any atom is -0.398 e. The number of aryl methyl sites for hydroxylation is 1. The van der Waals surface area contributed by atoms with Gasteiger partial charge in [-0.25, -0.2) is 0 Å². The summed E-state index contributed by atoms with van der Waals surface area (Å²) in [4.78, 5) is 12.2. The summed E-state index contributed by atoms with van der Waals surface area (Å²) in [5.74, 6) is 0.380. The van der Waals surface area contributed by atoms with Crippen LogP contribution in [0.3, 0.4) is 0 Å². The molecule has 0 bridgehead atoms. The molecule has 0 spiro atoms. The summed E-state index contributed by atoms with van der Waals surface area (Å²) in [5.41, 5.74) is 10.3. The molecule has 3 heteroatoms. The van der Waals surface area contributed by atoms with Crippen LogP contribution < -0.4 is 11.1 Å². The maximum Gasteiger partial charge on any atom is 0.253 e. The number of amides is 1. The predicted molar refractivity (Wildman–Crippen MR) is 87.3 cm³/mol. The first-order valence-corrected chi connectivity index (χ1v) is 7.20. The van der Waals surface area contributed by atoms with E-state index in [1.165, 1.54) is 5.56 Å². The summed E-state index contributed by atoms with van der Waals surface area (Å²) in [6.45, 7) is 6.78. The van der Waals surface area contributed by atoms with Gasteiger partial charge < -0.3 is 11.1 Å². The van der Waals surface area contributed by atoms with Crippen molar-refractivity contribution in [3.8, 4) is 0 Å². The first-order chi connectivity index (χ1) is 9.97. The smallest absolute Gasteiger partial charge is 0.253 e. The Morgan fingerprint density at radius 3 is 2.43 bits per heavy atom. The molecule has 0 radical (unpaired) electrons. The van der Waals surface area contributed by atoms with Crippen molar-refractivity contribution >= 4 is 11.6 Å². The highest BCUT2D eigenvalue weighted by Gasteiger charge is 2.09. The van der Waals surface area contributed by atoms with Crippen LogP contribution in [0.5, 0.6) is 0 Å². The first-order valence-electron chi connectivity index (χ1n) is 7.20. The van der Waals surface area contributed by atoms with Crippen molar-refractivity contribution in [2.24, 2.45) is 0 Å². The normalized spacial score (nSPS) is 10.7. The third-order valence-electron chi connectivity index (χ3n) is 3.55. The number of nitrogens with two attached hydrogens (primary N) is 1. The molecule has 0 saturated heterocycles. The van der Waals surface area contributed by atoms with Crippen LogP contribution in [0.1, 0.15) is 46.8 Å². The summed E-state index contributed by atoms with van der Waals surface area (Å²) in [6.07, 6.45) is 0.